The molecule has 1 heterocycles. The molecule has 0 aliphatic heterocycles. The summed E-state index contributed by atoms with van der Waals surface area (Å²) in [5, 5.41) is 7.55. The minimum Gasteiger partial charge on any atom is -0.320 e. The van der Waals surface area contributed by atoms with E-state index >= 15 is 0 Å². The number of hydrogen-bond donors (Lipinski definition) is 2. The van der Waals surface area contributed by atoms with Gasteiger partial charge >= 0.3 is 0 Å². The first kappa shape index (κ1) is 18.6. The molecule has 3 aromatic rings. The van der Waals surface area contributed by atoms with Crippen molar-refractivity contribution in [3.8, 4) is 0 Å². The summed E-state index contributed by atoms with van der Waals surface area (Å²) in [5.74, 6) is -0.680. The zero-order valence-corrected chi connectivity index (χ0v) is 16.0. The van der Waals surface area contributed by atoms with Crippen LogP contribution in [0.1, 0.15) is 26.4 Å². The lowest BCUT2D eigenvalue weighted by molar-refractivity contribution is -0.113. The summed E-state index contributed by atoms with van der Waals surface area (Å²) in [7, 11) is 0. The first-order valence-corrected chi connectivity index (χ1v) is 9.41. The molecule has 0 atom stereocenters. The minimum absolute atomic E-state index is 0.201. The Labute approximate surface area is 162 Å². The number of rotatable bonds is 5. The third-order valence-electron chi connectivity index (χ3n) is 4.00. The van der Waals surface area contributed by atoms with Crippen LogP contribution in [0, 0.1) is 13.8 Å². The summed E-state index contributed by atoms with van der Waals surface area (Å²) in [6.45, 7) is 3.84. The smallest absolute Gasteiger partial charge is 0.272 e. The molecule has 2 amide bonds. The Morgan fingerprint density at radius 2 is 1.78 bits per heavy atom. The van der Waals surface area contributed by atoms with Crippen LogP contribution in [0.15, 0.2) is 71.7 Å². The summed E-state index contributed by atoms with van der Waals surface area (Å²) in [6, 6.07) is 18.6. The van der Waals surface area contributed by atoms with Gasteiger partial charge in [0.05, 0.1) is 0 Å². The van der Waals surface area contributed by atoms with Crippen molar-refractivity contribution in [3.63, 3.8) is 0 Å². The van der Waals surface area contributed by atoms with E-state index in [9.17, 15) is 9.59 Å². The molecule has 3 rings (SSSR count). The van der Waals surface area contributed by atoms with E-state index in [1.807, 2.05) is 67.8 Å². The molecule has 0 saturated heterocycles. The van der Waals surface area contributed by atoms with Crippen LogP contribution in [0.5, 0.6) is 0 Å². The molecule has 136 valence electrons. The molecule has 0 saturated carbocycles. The summed E-state index contributed by atoms with van der Waals surface area (Å²) < 4.78 is 0. The molecule has 0 fully saturated rings. The van der Waals surface area contributed by atoms with Crippen LogP contribution in [-0.2, 0) is 4.79 Å². The van der Waals surface area contributed by atoms with E-state index in [0.29, 0.717) is 11.3 Å². The van der Waals surface area contributed by atoms with Crippen LogP contribution in [0.25, 0.3) is 6.08 Å². The number of anilines is 1. The molecule has 0 spiro atoms. The normalized spacial score (nSPS) is 11.1. The molecular weight excluding hydrogens is 356 g/mol. The second kappa shape index (κ2) is 8.47. The van der Waals surface area contributed by atoms with E-state index in [1.165, 1.54) is 11.3 Å². The van der Waals surface area contributed by atoms with Crippen LogP contribution in [0.3, 0.4) is 0 Å². The predicted octanol–water partition coefficient (Wildman–Crippen LogP) is 4.77. The van der Waals surface area contributed by atoms with Crippen LogP contribution < -0.4 is 10.6 Å². The SMILES string of the molecule is Cc1cccc(C(=O)N/C(=C\c2cccs2)C(=O)Nc2ccccc2C)c1. The minimum atomic E-state index is -0.362. The summed E-state index contributed by atoms with van der Waals surface area (Å²) in [6.07, 6.45) is 1.69. The van der Waals surface area contributed by atoms with Gasteiger partial charge in [0.15, 0.2) is 0 Å². The highest BCUT2D eigenvalue weighted by atomic mass is 32.1. The molecule has 0 bridgehead atoms. The first-order valence-electron chi connectivity index (χ1n) is 8.53. The number of aryl methyl sites for hydroxylation is 2. The van der Waals surface area contributed by atoms with Gasteiger partial charge in [0.1, 0.15) is 5.70 Å². The maximum Gasteiger partial charge on any atom is 0.272 e. The van der Waals surface area contributed by atoms with Gasteiger partial charge in [0, 0.05) is 16.1 Å². The highest BCUT2D eigenvalue weighted by molar-refractivity contribution is 7.10. The fraction of sp³-hybridized carbons (Fsp3) is 0.0909. The molecule has 0 aliphatic rings. The van der Waals surface area contributed by atoms with Crippen molar-refractivity contribution < 1.29 is 9.59 Å². The van der Waals surface area contributed by atoms with Crippen molar-refractivity contribution in [2.24, 2.45) is 0 Å². The number of hydrogen-bond acceptors (Lipinski definition) is 3. The molecular formula is C22H20N2O2S. The lowest BCUT2D eigenvalue weighted by Gasteiger charge is -2.12. The Morgan fingerprint density at radius 3 is 2.48 bits per heavy atom. The monoisotopic (exact) mass is 376 g/mol. The van der Waals surface area contributed by atoms with Crippen molar-refractivity contribution in [2.45, 2.75) is 13.8 Å². The van der Waals surface area contributed by atoms with Crippen LogP contribution >= 0.6 is 11.3 Å². The second-order valence-electron chi connectivity index (χ2n) is 6.17. The summed E-state index contributed by atoms with van der Waals surface area (Å²) in [4.78, 5) is 26.4. The average molecular weight is 376 g/mol. The maximum atomic E-state index is 12.8. The maximum absolute atomic E-state index is 12.8. The molecule has 1 aromatic heterocycles. The molecule has 5 heteroatoms. The zero-order chi connectivity index (χ0) is 19.2. The Morgan fingerprint density at radius 1 is 0.963 bits per heavy atom. The molecule has 0 unspecified atom stereocenters. The van der Waals surface area contributed by atoms with Gasteiger partial charge in [-0.15, -0.1) is 11.3 Å². The predicted molar refractivity (Wildman–Crippen MR) is 111 cm³/mol. The Hall–Kier alpha value is -3.18. The van der Waals surface area contributed by atoms with E-state index in [1.54, 1.807) is 18.2 Å². The number of para-hydroxylation sites is 1. The van der Waals surface area contributed by atoms with Gasteiger partial charge < -0.3 is 10.6 Å². The van der Waals surface area contributed by atoms with Crippen molar-refractivity contribution in [1.82, 2.24) is 5.32 Å². The highest BCUT2D eigenvalue weighted by Crippen LogP contribution is 2.17. The molecule has 2 N–H and O–H groups in total. The van der Waals surface area contributed by atoms with Gasteiger partial charge in [-0.25, -0.2) is 0 Å². The Balaban J connectivity index is 1.86. The van der Waals surface area contributed by atoms with Crippen molar-refractivity contribution in [1.29, 1.82) is 0 Å². The highest BCUT2D eigenvalue weighted by Gasteiger charge is 2.16. The van der Waals surface area contributed by atoms with E-state index in [-0.39, 0.29) is 17.5 Å². The largest absolute Gasteiger partial charge is 0.320 e. The van der Waals surface area contributed by atoms with Crippen LogP contribution in [0.4, 0.5) is 5.69 Å². The van der Waals surface area contributed by atoms with Gasteiger partial charge in [-0.2, -0.15) is 0 Å². The second-order valence-corrected chi connectivity index (χ2v) is 7.15. The fourth-order valence-electron chi connectivity index (χ4n) is 2.56. The third-order valence-corrected chi connectivity index (χ3v) is 4.82. The average Bonchev–Trinajstić information content (AvgIpc) is 3.16. The topological polar surface area (TPSA) is 58.2 Å². The Bertz CT molecular complexity index is 991. The van der Waals surface area contributed by atoms with E-state index < -0.39 is 0 Å². The lowest BCUT2D eigenvalue weighted by Crippen LogP contribution is -2.30. The van der Waals surface area contributed by atoms with Gasteiger partial charge in [-0.05, 0) is 55.1 Å². The molecule has 27 heavy (non-hydrogen) atoms. The zero-order valence-electron chi connectivity index (χ0n) is 15.2. The number of nitrogens with one attached hydrogen (secondary N) is 2. The first-order chi connectivity index (χ1) is 13.0. The molecule has 2 aromatic carbocycles. The molecule has 4 nitrogen and oxygen atoms in total. The van der Waals surface area contributed by atoms with Gasteiger partial charge in [0.2, 0.25) is 0 Å². The number of carbonyl (C=O) groups excluding carboxylic acids is 2. The number of amides is 2. The summed E-state index contributed by atoms with van der Waals surface area (Å²) in [5.41, 5.74) is 3.36. The van der Waals surface area contributed by atoms with E-state index in [4.69, 9.17) is 0 Å². The quantitative estimate of drug-likeness (QED) is 0.630. The number of carbonyl (C=O) groups is 2. The Kier molecular flexibility index (Phi) is 5.84. The van der Waals surface area contributed by atoms with Gasteiger partial charge in [-0.1, -0.05) is 42.0 Å². The van der Waals surface area contributed by atoms with Crippen molar-refractivity contribution in [3.05, 3.63) is 93.3 Å². The standard InChI is InChI=1S/C22H20N2O2S/c1-15-7-5-9-17(13-15)21(25)24-20(14-18-10-6-12-27-18)22(26)23-19-11-4-3-8-16(19)2/h3-14H,1-2H3,(H,23,26)(H,24,25)/b20-14-. The number of benzene rings is 2. The fourth-order valence-corrected chi connectivity index (χ4v) is 3.21. The molecule has 0 aliphatic carbocycles. The van der Waals surface area contributed by atoms with Crippen LogP contribution in [0.2, 0.25) is 0 Å². The van der Waals surface area contributed by atoms with E-state index in [0.717, 1.165) is 16.0 Å². The third kappa shape index (κ3) is 4.92. The summed E-state index contributed by atoms with van der Waals surface area (Å²) >= 11 is 1.50. The van der Waals surface area contributed by atoms with Crippen molar-refractivity contribution >= 4 is 34.9 Å². The van der Waals surface area contributed by atoms with Gasteiger partial charge in [0.25, 0.3) is 11.8 Å². The lowest BCUT2D eigenvalue weighted by atomic mass is 10.1. The van der Waals surface area contributed by atoms with Crippen LogP contribution in [-0.4, -0.2) is 11.8 Å². The number of thiophene rings is 1. The van der Waals surface area contributed by atoms with E-state index in [2.05, 4.69) is 10.6 Å². The van der Waals surface area contributed by atoms with Gasteiger partial charge in [-0.3, -0.25) is 9.59 Å². The van der Waals surface area contributed by atoms with Crippen molar-refractivity contribution in [2.75, 3.05) is 5.32 Å². The molecule has 0 radical (unpaired) electrons.